The monoisotopic (exact) mass is 398 g/mol. The number of rotatable bonds is 7. The normalized spacial score (nSPS) is 12.1. The van der Waals surface area contributed by atoms with E-state index in [2.05, 4.69) is 41.4 Å². The Labute approximate surface area is 168 Å². The molecule has 0 aliphatic heterocycles. The summed E-state index contributed by atoms with van der Waals surface area (Å²) in [6, 6.07) is 7.43. The lowest BCUT2D eigenvalue weighted by molar-refractivity contribution is -0.114. The summed E-state index contributed by atoms with van der Waals surface area (Å²) in [5.41, 5.74) is 2.62. The highest BCUT2D eigenvalue weighted by Gasteiger charge is 2.16. The number of anilines is 2. The molecular formula is C21H26N4O2S. The molecule has 0 bridgehead atoms. The molecule has 6 nitrogen and oxygen atoms in total. The molecule has 0 spiro atoms. The van der Waals surface area contributed by atoms with E-state index in [1.807, 2.05) is 24.3 Å². The van der Waals surface area contributed by atoms with Crippen LogP contribution in [-0.2, 0) is 17.8 Å². The predicted octanol–water partition coefficient (Wildman–Crippen LogP) is 4.45. The second-order valence-electron chi connectivity index (χ2n) is 7.16. The summed E-state index contributed by atoms with van der Waals surface area (Å²) in [5.74, 6) is 1.02. The number of aromatic nitrogens is 2. The molecule has 1 amide bonds. The number of hydrogen-bond acceptors (Lipinski definition) is 5. The van der Waals surface area contributed by atoms with Gasteiger partial charge in [0.25, 0.3) is 5.56 Å². The van der Waals surface area contributed by atoms with E-state index < -0.39 is 0 Å². The number of amides is 1. The van der Waals surface area contributed by atoms with E-state index in [1.54, 1.807) is 11.3 Å². The minimum atomic E-state index is -0.116. The average molecular weight is 399 g/mol. The number of aryl methyl sites for hydroxylation is 1. The molecule has 28 heavy (non-hydrogen) atoms. The summed E-state index contributed by atoms with van der Waals surface area (Å²) < 4.78 is 0. The summed E-state index contributed by atoms with van der Waals surface area (Å²) in [7, 11) is 0. The largest absolute Gasteiger partial charge is 0.378 e. The van der Waals surface area contributed by atoms with Crippen molar-refractivity contribution in [2.24, 2.45) is 5.92 Å². The molecule has 3 N–H and O–H groups in total. The average Bonchev–Trinajstić information content (AvgIpc) is 2.95. The van der Waals surface area contributed by atoms with Gasteiger partial charge in [0.1, 0.15) is 10.7 Å². The summed E-state index contributed by atoms with van der Waals surface area (Å²) >= 11 is 1.58. The van der Waals surface area contributed by atoms with Gasteiger partial charge in [-0.05, 0) is 43.0 Å². The minimum absolute atomic E-state index is 0.0727. The van der Waals surface area contributed by atoms with Crippen LogP contribution in [-0.4, -0.2) is 15.9 Å². The summed E-state index contributed by atoms with van der Waals surface area (Å²) in [6.45, 7) is 8.31. The van der Waals surface area contributed by atoms with Crippen LogP contribution in [0, 0.1) is 12.8 Å². The molecule has 2 aromatic heterocycles. The quantitative estimate of drug-likeness (QED) is 0.549. The standard InChI is InChI=1S/C21H26N4O2S/c1-5-12(2)9-17-13(3)28-21-19(17)20(27)24-18(25-21)11-22-15-7-6-8-16(10-15)23-14(4)26/h6-8,10,12,22H,5,9,11H2,1-4H3,(H,23,26)(H,24,25,27)/t12-/m1/s1. The number of fused-ring (bicyclic) bond motifs is 1. The smallest absolute Gasteiger partial charge is 0.259 e. The fourth-order valence-electron chi connectivity index (χ4n) is 3.14. The zero-order valence-electron chi connectivity index (χ0n) is 16.7. The molecule has 0 aliphatic rings. The van der Waals surface area contributed by atoms with Gasteiger partial charge in [-0.25, -0.2) is 4.98 Å². The van der Waals surface area contributed by atoms with Crippen molar-refractivity contribution in [2.45, 2.75) is 47.1 Å². The molecular weight excluding hydrogens is 372 g/mol. The lowest BCUT2D eigenvalue weighted by atomic mass is 9.98. The van der Waals surface area contributed by atoms with E-state index in [4.69, 9.17) is 0 Å². The van der Waals surface area contributed by atoms with Crippen molar-refractivity contribution in [1.82, 2.24) is 9.97 Å². The van der Waals surface area contributed by atoms with Gasteiger partial charge in [-0.15, -0.1) is 11.3 Å². The summed E-state index contributed by atoms with van der Waals surface area (Å²) in [4.78, 5) is 33.5. The highest BCUT2D eigenvalue weighted by atomic mass is 32.1. The zero-order valence-corrected chi connectivity index (χ0v) is 17.5. The molecule has 0 aliphatic carbocycles. The van der Waals surface area contributed by atoms with Crippen LogP contribution >= 0.6 is 11.3 Å². The maximum absolute atomic E-state index is 12.7. The number of nitrogens with one attached hydrogen (secondary N) is 3. The molecule has 1 aromatic carbocycles. The fraction of sp³-hybridized carbons (Fsp3) is 0.381. The Morgan fingerprint density at radius 1 is 1.32 bits per heavy atom. The Hall–Kier alpha value is -2.67. The van der Waals surface area contributed by atoms with Gasteiger partial charge in [-0.1, -0.05) is 26.3 Å². The first kappa shape index (κ1) is 20.1. The van der Waals surface area contributed by atoms with Crippen molar-refractivity contribution in [1.29, 1.82) is 0 Å². The maximum Gasteiger partial charge on any atom is 0.259 e. The molecule has 0 saturated carbocycles. The van der Waals surface area contributed by atoms with E-state index in [1.165, 1.54) is 11.8 Å². The molecule has 3 rings (SSSR count). The second-order valence-corrected chi connectivity index (χ2v) is 8.37. The number of aromatic amines is 1. The van der Waals surface area contributed by atoms with E-state index >= 15 is 0 Å². The van der Waals surface area contributed by atoms with Crippen LogP contribution in [0.15, 0.2) is 29.1 Å². The number of carbonyl (C=O) groups excluding carboxylic acids is 1. The lowest BCUT2D eigenvalue weighted by Crippen LogP contribution is -2.15. The van der Waals surface area contributed by atoms with Gasteiger partial charge in [0.15, 0.2) is 0 Å². The first-order valence-corrected chi connectivity index (χ1v) is 10.3. The zero-order chi connectivity index (χ0) is 20.3. The van der Waals surface area contributed by atoms with E-state index in [-0.39, 0.29) is 11.5 Å². The van der Waals surface area contributed by atoms with Crippen LogP contribution in [0.3, 0.4) is 0 Å². The number of carbonyl (C=O) groups is 1. The Morgan fingerprint density at radius 2 is 2.07 bits per heavy atom. The molecule has 0 unspecified atom stereocenters. The molecule has 0 fully saturated rings. The van der Waals surface area contributed by atoms with Gasteiger partial charge >= 0.3 is 0 Å². The molecule has 148 valence electrons. The Morgan fingerprint density at radius 3 is 2.79 bits per heavy atom. The third-order valence-corrected chi connectivity index (χ3v) is 5.85. The van der Waals surface area contributed by atoms with Gasteiger partial charge in [0.2, 0.25) is 5.91 Å². The second kappa shape index (κ2) is 8.56. The molecule has 2 heterocycles. The first-order valence-electron chi connectivity index (χ1n) is 9.50. The summed E-state index contributed by atoms with van der Waals surface area (Å²) in [5, 5.41) is 6.74. The molecule has 3 aromatic rings. The highest BCUT2D eigenvalue weighted by molar-refractivity contribution is 7.18. The van der Waals surface area contributed by atoms with Crippen molar-refractivity contribution in [3.8, 4) is 0 Å². The molecule has 7 heteroatoms. The van der Waals surface area contributed by atoms with Gasteiger partial charge in [-0.2, -0.15) is 0 Å². The Kier molecular flexibility index (Phi) is 6.14. The SMILES string of the molecule is CC[C@@H](C)Cc1c(C)sc2nc(CNc3cccc(NC(C)=O)c3)[nH]c(=O)c12. The van der Waals surface area contributed by atoms with Crippen LogP contribution in [0.5, 0.6) is 0 Å². The number of hydrogen-bond donors (Lipinski definition) is 3. The van der Waals surface area contributed by atoms with Gasteiger partial charge in [0.05, 0.1) is 11.9 Å². The van der Waals surface area contributed by atoms with Crippen LogP contribution < -0.4 is 16.2 Å². The van der Waals surface area contributed by atoms with Crippen molar-refractivity contribution in [3.63, 3.8) is 0 Å². The number of benzene rings is 1. The first-order chi connectivity index (χ1) is 13.4. The molecule has 0 radical (unpaired) electrons. The predicted molar refractivity (Wildman–Crippen MR) is 116 cm³/mol. The van der Waals surface area contributed by atoms with Crippen LogP contribution in [0.1, 0.15) is 43.5 Å². The van der Waals surface area contributed by atoms with E-state index in [0.717, 1.165) is 40.0 Å². The van der Waals surface area contributed by atoms with Crippen LogP contribution in [0.2, 0.25) is 0 Å². The van der Waals surface area contributed by atoms with Gasteiger partial charge < -0.3 is 15.6 Å². The van der Waals surface area contributed by atoms with Gasteiger partial charge in [-0.3, -0.25) is 9.59 Å². The third kappa shape index (κ3) is 4.59. The van der Waals surface area contributed by atoms with Crippen molar-refractivity contribution in [3.05, 3.63) is 50.9 Å². The van der Waals surface area contributed by atoms with Crippen molar-refractivity contribution >= 4 is 38.8 Å². The molecule has 0 saturated heterocycles. The summed E-state index contributed by atoms with van der Waals surface area (Å²) in [6.07, 6.45) is 1.99. The number of H-pyrrole nitrogens is 1. The van der Waals surface area contributed by atoms with Crippen LogP contribution in [0.25, 0.3) is 10.2 Å². The molecule has 1 atom stereocenters. The third-order valence-electron chi connectivity index (χ3n) is 4.80. The highest BCUT2D eigenvalue weighted by Crippen LogP contribution is 2.29. The fourth-order valence-corrected chi connectivity index (χ4v) is 4.21. The van der Waals surface area contributed by atoms with Crippen molar-refractivity contribution < 1.29 is 4.79 Å². The lowest BCUT2D eigenvalue weighted by Gasteiger charge is -2.09. The number of thiophene rings is 1. The van der Waals surface area contributed by atoms with E-state index in [9.17, 15) is 9.59 Å². The Balaban J connectivity index is 1.81. The topological polar surface area (TPSA) is 86.9 Å². The van der Waals surface area contributed by atoms with Crippen molar-refractivity contribution in [2.75, 3.05) is 10.6 Å². The number of nitrogens with zero attached hydrogens (tertiary/aromatic N) is 1. The minimum Gasteiger partial charge on any atom is -0.378 e. The Bertz CT molecular complexity index is 1050. The maximum atomic E-state index is 12.7. The van der Waals surface area contributed by atoms with E-state index in [0.29, 0.717) is 18.3 Å². The van der Waals surface area contributed by atoms with Crippen LogP contribution in [0.4, 0.5) is 11.4 Å². The van der Waals surface area contributed by atoms with Gasteiger partial charge in [0, 0.05) is 23.2 Å².